The van der Waals surface area contributed by atoms with Crippen LogP contribution in [-0.2, 0) is 0 Å². The summed E-state index contributed by atoms with van der Waals surface area (Å²) in [4.78, 5) is 0. The number of hydrogen-bond donors (Lipinski definition) is 0. The first-order valence-corrected chi connectivity index (χ1v) is 8.47. The van der Waals surface area contributed by atoms with Crippen LogP contribution in [0.15, 0.2) is 0 Å². The Bertz CT molecular complexity index is 142. The Morgan fingerprint density at radius 2 is 1.25 bits per heavy atom. The predicted molar refractivity (Wildman–Crippen MR) is 56.9 cm³/mol. The second-order valence-corrected chi connectivity index (χ2v) is 9.54. The van der Waals surface area contributed by atoms with Gasteiger partial charge in [0, 0.05) is 0 Å². The monoisotopic (exact) mass is 254 g/mol. The van der Waals surface area contributed by atoms with Gasteiger partial charge in [0.15, 0.2) is 0 Å². The molecule has 0 aliphatic heterocycles. The fourth-order valence-electron chi connectivity index (χ4n) is 0.538. The lowest BCUT2D eigenvalue weighted by molar-refractivity contribution is 0.104. The van der Waals surface area contributed by atoms with Crippen molar-refractivity contribution in [3.8, 4) is 0 Å². The lowest BCUT2D eigenvalue weighted by Crippen LogP contribution is -2.34. The van der Waals surface area contributed by atoms with Crippen LogP contribution in [0.25, 0.3) is 0 Å². The molecule has 0 bridgehead atoms. The highest BCUT2D eigenvalue weighted by Gasteiger charge is 2.55. The largest absolute Gasteiger partial charge is 0.299 e. The summed E-state index contributed by atoms with van der Waals surface area (Å²) in [6.07, 6.45) is 0. The first-order chi connectivity index (χ1) is 5.14. The van der Waals surface area contributed by atoms with Crippen molar-refractivity contribution in [3.63, 3.8) is 0 Å². The van der Waals surface area contributed by atoms with Crippen molar-refractivity contribution in [2.45, 2.75) is 9.74 Å². The first-order valence-electron chi connectivity index (χ1n) is 3.24. The fourth-order valence-corrected chi connectivity index (χ4v) is 3.83. The van der Waals surface area contributed by atoms with Crippen molar-refractivity contribution in [1.82, 2.24) is 0 Å². The molecule has 0 amide bonds. The molecule has 0 aromatic heterocycles. The summed E-state index contributed by atoms with van der Waals surface area (Å²) >= 11 is 11.2. The molecule has 0 rings (SSSR count). The van der Waals surface area contributed by atoms with Crippen molar-refractivity contribution in [1.29, 1.82) is 0 Å². The van der Waals surface area contributed by atoms with E-state index in [1.165, 1.54) is 13.3 Å². The molecule has 6 heteroatoms. The molecule has 74 valence electrons. The molecular formula is C6H12Cl2F2P2. The van der Waals surface area contributed by atoms with Crippen LogP contribution in [0.3, 0.4) is 0 Å². The van der Waals surface area contributed by atoms with Crippen LogP contribution < -0.4 is 0 Å². The molecule has 0 aromatic carbocycles. The molecule has 0 saturated heterocycles. The number of hydrogen-bond acceptors (Lipinski definition) is 0. The molecule has 0 radical (unpaired) electrons. The highest BCUT2D eigenvalue weighted by Crippen LogP contribution is 2.67. The van der Waals surface area contributed by atoms with E-state index in [-0.39, 0.29) is 0 Å². The molecule has 0 atom stereocenters. The SMILES string of the molecule is CP(C)C(F)(F)C(Cl)(Cl)P(C)C. The summed E-state index contributed by atoms with van der Waals surface area (Å²) in [5, 5.41) is 0. The van der Waals surface area contributed by atoms with E-state index in [2.05, 4.69) is 0 Å². The summed E-state index contributed by atoms with van der Waals surface area (Å²) in [5.41, 5.74) is -2.96. The maximum absolute atomic E-state index is 13.4. The van der Waals surface area contributed by atoms with Crippen LogP contribution in [0.5, 0.6) is 0 Å². The zero-order valence-corrected chi connectivity index (χ0v) is 10.7. The van der Waals surface area contributed by atoms with Gasteiger partial charge in [0.1, 0.15) is 0 Å². The Kier molecular flexibility index (Phi) is 4.67. The van der Waals surface area contributed by atoms with E-state index in [0.29, 0.717) is 0 Å². The van der Waals surface area contributed by atoms with E-state index >= 15 is 0 Å². The Morgan fingerprint density at radius 3 is 1.33 bits per heavy atom. The third-order valence-electron chi connectivity index (χ3n) is 1.49. The van der Waals surface area contributed by atoms with Gasteiger partial charge >= 0.3 is 0 Å². The predicted octanol–water partition coefficient (Wildman–Crippen LogP) is 4.19. The van der Waals surface area contributed by atoms with Gasteiger partial charge < -0.3 is 0 Å². The average molecular weight is 255 g/mol. The fraction of sp³-hybridized carbons (Fsp3) is 1.00. The van der Waals surface area contributed by atoms with Gasteiger partial charge in [0.05, 0.1) is 0 Å². The van der Waals surface area contributed by atoms with E-state index in [9.17, 15) is 8.78 Å². The van der Waals surface area contributed by atoms with Gasteiger partial charge in [-0.3, -0.25) is 0 Å². The van der Waals surface area contributed by atoms with Crippen LogP contribution in [0.2, 0.25) is 0 Å². The highest BCUT2D eigenvalue weighted by molar-refractivity contribution is 7.65. The molecule has 0 heterocycles. The van der Waals surface area contributed by atoms with Gasteiger partial charge in [-0.1, -0.05) is 31.1 Å². The number of halogens is 4. The topological polar surface area (TPSA) is 0 Å². The lowest BCUT2D eigenvalue weighted by Gasteiger charge is -2.35. The van der Waals surface area contributed by atoms with Crippen molar-refractivity contribution in [3.05, 3.63) is 0 Å². The van der Waals surface area contributed by atoms with Gasteiger partial charge in [-0.05, 0) is 34.6 Å². The van der Waals surface area contributed by atoms with Crippen LogP contribution >= 0.6 is 39.0 Å². The average Bonchev–Trinajstić information content (AvgIpc) is 1.86. The molecule has 0 nitrogen and oxygen atoms in total. The summed E-state index contributed by atoms with van der Waals surface area (Å²) in [5.74, 6) is 0. The minimum Gasteiger partial charge on any atom is -0.198 e. The Labute approximate surface area is 84.5 Å². The van der Waals surface area contributed by atoms with Crippen molar-refractivity contribution >= 4 is 39.0 Å². The second kappa shape index (κ2) is 4.22. The third-order valence-corrected chi connectivity index (χ3v) is 7.29. The van der Waals surface area contributed by atoms with E-state index in [0.717, 1.165) is 0 Å². The number of alkyl halides is 4. The third kappa shape index (κ3) is 2.41. The molecule has 0 saturated carbocycles. The van der Waals surface area contributed by atoms with E-state index in [4.69, 9.17) is 23.2 Å². The van der Waals surface area contributed by atoms with Crippen LogP contribution in [-0.4, -0.2) is 36.4 Å². The molecule has 0 unspecified atom stereocenters. The molecule has 0 aliphatic rings. The van der Waals surface area contributed by atoms with Gasteiger partial charge in [-0.15, -0.1) is 0 Å². The molecule has 0 spiro atoms. The maximum atomic E-state index is 13.4. The van der Waals surface area contributed by atoms with Crippen molar-refractivity contribution in [2.75, 3.05) is 26.7 Å². The quantitative estimate of drug-likeness (QED) is 0.523. The van der Waals surface area contributed by atoms with Crippen LogP contribution in [0.4, 0.5) is 8.78 Å². The normalized spacial score (nSPS) is 14.5. The van der Waals surface area contributed by atoms with Crippen molar-refractivity contribution in [2.24, 2.45) is 0 Å². The van der Waals surface area contributed by atoms with Gasteiger partial charge in [-0.2, -0.15) is 8.78 Å². The molecule has 0 fully saturated rings. The lowest BCUT2D eigenvalue weighted by atomic mass is 10.8. The zero-order chi connectivity index (χ0) is 10.2. The maximum Gasteiger partial charge on any atom is 0.299 e. The summed E-state index contributed by atoms with van der Waals surface area (Å²) in [6, 6.07) is 0. The van der Waals surface area contributed by atoms with E-state index in [1.807, 2.05) is 0 Å². The second-order valence-electron chi connectivity index (χ2n) is 2.87. The Morgan fingerprint density at radius 1 is 0.917 bits per heavy atom. The van der Waals surface area contributed by atoms with Gasteiger partial charge in [-0.25, -0.2) is 0 Å². The molecule has 0 N–H and O–H groups in total. The molecule has 0 aliphatic carbocycles. The summed E-state index contributed by atoms with van der Waals surface area (Å²) in [6.45, 7) is 6.27. The zero-order valence-electron chi connectivity index (χ0n) is 7.41. The smallest absolute Gasteiger partial charge is 0.198 e. The van der Waals surface area contributed by atoms with E-state index < -0.39 is 25.6 Å². The highest BCUT2D eigenvalue weighted by atomic mass is 35.5. The van der Waals surface area contributed by atoms with E-state index in [1.54, 1.807) is 13.3 Å². The summed E-state index contributed by atoms with van der Waals surface area (Å²) < 4.78 is 24.8. The van der Waals surface area contributed by atoms with Gasteiger partial charge in [0.2, 0.25) is 4.07 Å². The molecule has 12 heavy (non-hydrogen) atoms. The van der Waals surface area contributed by atoms with Crippen LogP contribution in [0.1, 0.15) is 0 Å². The van der Waals surface area contributed by atoms with Crippen molar-refractivity contribution < 1.29 is 8.78 Å². The van der Waals surface area contributed by atoms with Gasteiger partial charge in [0.25, 0.3) is 5.66 Å². The standard InChI is InChI=1S/C6H12Cl2F2P2/c1-11(2)5(7,8)6(9,10)12(3)4/h1-4H3. The first kappa shape index (κ1) is 13.3. The minimum atomic E-state index is -2.96. The molecular weight excluding hydrogens is 243 g/mol. The molecule has 0 aromatic rings. The van der Waals surface area contributed by atoms with Crippen LogP contribution in [0, 0.1) is 0 Å². The number of rotatable bonds is 3. The summed E-state index contributed by atoms with van der Waals surface area (Å²) in [7, 11) is -2.51. The Balaban J connectivity index is 4.75. The Hall–Kier alpha value is 1.30. The minimum absolute atomic E-state index is 1.07.